The zero-order chi connectivity index (χ0) is 21.3. The Morgan fingerprint density at radius 2 is 1.77 bits per heavy atom. The fourth-order valence-corrected chi connectivity index (χ4v) is 5.46. The Bertz CT molecular complexity index is 1030. The van der Waals surface area contributed by atoms with Crippen LogP contribution in [0.3, 0.4) is 0 Å². The average molecular weight is 436 g/mol. The summed E-state index contributed by atoms with van der Waals surface area (Å²) in [7, 11) is -2.06. The molecule has 1 N–H and O–H groups in total. The van der Waals surface area contributed by atoms with Gasteiger partial charge in [0, 0.05) is 51.7 Å². The maximum Gasteiger partial charge on any atom is 0.245 e. The maximum atomic E-state index is 13.1. The molecule has 2 aliphatic rings. The van der Waals surface area contributed by atoms with Crippen LogP contribution < -0.4 is 4.90 Å². The lowest BCUT2D eigenvalue weighted by Crippen LogP contribution is -2.46. The Morgan fingerprint density at radius 3 is 2.43 bits per heavy atom. The molecule has 0 saturated carbocycles. The molecule has 2 aliphatic heterocycles. The van der Waals surface area contributed by atoms with Gasteiger partial charge < -0.3 is 14.7 Å². The summed E-state index contributed by atoms with van der Waals surface area (Å²) >= 11 is 0. The number of aryl methyl sites for hydroxylation is 1. The van der Waals surface area contributed by atoms with Crippen molar-refractivity contribution in [3.05, 3.63) is 48.0 Å². The molecule has 8 nitrogen and oxygen atoms in total. The van der Waals surface area contributed by atoms with E-state index in [1.165, 1.54) is 23.5 Å². The van der Waals surface area contributed by atoms with Crippen molar-refractivity contribution in [3.63, 3.8) is 0 Å². The number of halogens is 1. The highest BCUT2D eigenvalue weighted by molar-refractivity contribution is 7.89. The van der Waals surface area contributed by atoms with E-state index in [9.17, 15) is 18.0 Å². The van der Waals surface area contributed by atoms with Gasteiger partial charge in [-0.3, -0.25) is 4.90 Å². The zero-order valence-electron chi connectivity index (χ0n) is 16.9. The van der Waals surface area contributed by atoms with Gasteiger partial charge in [0.1, 0.15) is 16.4 Å². The Hall–Kier alpha value is -2.43. The van der Waals surface area contributed by atoms with Crippen LogP contribution in [0.1, 0.15) is 12.1 Å². The van der Waals surface area contributed by atoms with Crippen LogP contribution in [-0.2, 0) is 16.6 Å². The normalized spacial score (nSPS) is 21.1. The smallest absolute Gasteiger partial charge is 0.245 e. The molecule has 0 amide bonds. The van der Waals surface area contributed by atoms with Crippen molar-refractivity contribution in [2.24, 2.45) is 5.16 Å². The maximum absolute atomic E-state index is 13.1. The highest BCUT2D eigenvalue weighted by atomic mass is 32.2. The summed E-state index contributed by atoms with van der Waals surface area (Å²) in [5, 5.41) is 12.7. The lowest BCUT2D eigenvalue weighted by molar-refractivity contribution is 0.250. The van der Waals surface area contributed by atoms with Gasteiger partial charge in [-0.1, -0.05) is 5.16 Å². The molecule has 3 heterocycles. The first-order valence-corrected chi connectivity index (χ1v) is 11.4. The third-order valence-corrected chi connectivity index (χ3v) is 7.65. The largest absolute Gasteiger partial charge is 0.411 e. The SMILES string of the molecule is CN1C/C(=N/O)c2c(ccn2CCCN2CCN(c3ccc(F)cc3)CC2)S1(=O)=O. The molecule has 1 saturated heterocycles. The molecule has 0 spiro atoms. The lowest BCUT2D eigenvalue weighted by atomic mass is 10.2. The van der Waals surface area contributed by atoms with Crippen molar-refractivity contribution in [1.29, 1.82) is 0 Å². The number of oxime groups is 1. The Kier molecular flexibility index (Phi) is 5.81. The topological polar surface area (TPSA) is 81.4 Å². The highest BCUT2D eigenvalue weighted by Gasteiger charge is 2.35. The number of likely N-dealkylation sites (N-methyl/N-ethyl adjacent to an activating group) is 1. The number of hydrogen-bond donors (Lipinski definition) is 1. The van der Waals surface area contributed by atoms with Gasteiger partial charge in [-0.05, 0) is 43.3 Å². The van der Waals surface area contributed by atoms with E-state index in [0.717, 1.165) is 44.8 Å². The van der Waals surface area contributed by atoms with Crippen LogP contribution in [0.5, 0.6) is 0 Å². The molecule has 0 bridgehead atoms. The number of aromatic nitrogens is 1. The summed E-state index contributed by atoms with van der Waals surface area (Å²) in [5.41, 5.74) is 1.88. The summed E-state index contributed by atoms with van der Waals surface area (Å²) in [5.74, 6) is -0.224. The second kappa shape index (κ2) is 8.37. The van der Waals surface area contributed by atoms with E-state index < -0.39 is 10.0 Å². The van der Waals surface area contributed by atoms with Crippen LogP contribution in [0.15, 0.2) is 46.6 Å². The Labute approximate surface area is 175 Å². The van der Waals surface area contributed by atoms with Gasteiger partial charge in [0.05, 0.1) is 12.2 Å². The van der Waals surface area contributed by atoms with E-state index in [1.54, 1.807) is 12.3 Å². The van der Waals surface area contributed by atoms with Gasteiger partial charge >= 0.3 is 0 Å². The van der Waals surface area contributed by atoms with Gasteiger partial charge in [0.2, 0.25) is 10.0 Å². The van der Waals surface area contributed by atoms with Gasteiger partial charge in [-0.2, -0.15) is 4.31 Å². The van der Waals surface area contributed by atoms with E-state index in [4.69, 9.17) is 0 Å². The molecule has 162 valence electrons. The van der Waals surface area contributed by atoms with E-state index in [-0.39, 0.29) is 17.3 Å². The third-order valence-electron chi connectivity index (χ3n) is 5.82. The minimum atomic E-state index is -3.54. The van der Waals surface area contributed by atoms with Crippen LogP contribution in [-0.4, -0.2) is 79.4 Å². The van der Waals surface area contributed by atoms with Crippen molar-refractivity contribution in [3.8, 4) is 0 Å². The van der Waals surface area contributed by atoms with Crippen molar-refractivity contribution in [2.45, 2.75) is 17.9 Å². The summed E-state index contributed by atoms with van der Waals surface area (Å²) in [6.07, 6.45) is 2.60. The molecular weight excluding hydrogens is 409 g/mol. The molecule has 0 aliphatic carbocycles. The molecule has 30 heavy (non-hydrogen) atoms. The van der Waals surface area contributed by atoms with Crippen molar-refractivity contribution < 1.29 is 18.0 Å². The van der Waals surface area contributed by atoms with Crippen molar-refractivity contribution >= 4 is 21.4 Å². The van der Waals surface area contributed by atoms with E-state index in [0.29, 0.717) is 18.0 Å². The monoisotopic (exact) mass is 435 g/mol. The molecule has 0 unspecified atom stereocenters. The Morgan fingerprint density at radius 1 is 1.07 bits per heavy atom. The standard InChI is InChI=1S/C20H26FN5O3S/c1-23-15-18(22-27)20-19(30(23,28)29)7-10-26(20)9-2-8-24-11-13-25(14-12-24)17-5-3-16(21)4-6-17/h3-7,10,27H,2,8-9,11-15H2,1H3/b22-18-. The second-order valence-electron chi connectivity index (χ2n) is 7.69. The number of piperazine rings is 1. The highest BCUT2D eigenvalue weighted by Crippen LogP contribution is 2.27. The predicted molar refractivity (Wildman–Crippen MR) is 112 cm³/mol. The minimum absolute atomic E-state index is 0.0567. The van der Waals surface area contributed by atoms with Crippen molar-refractivity contribution in [1.82, 2.24) is 13.8 Å². The zero-order valence-corrected chi connectivity index (χ0v) is 17.7. The fourth-order valence-electron chi connectivity index (χ4n) is 4.12. The molecule has 1 fully saturated rings. The molecule has 4 rings (SSSR count). The summed E-state index contributed by atoms with van der Waals surface area (Å²) in [6, 6.07) is 8.17. The molecule has 1 aromatic carbocycles. The van der Waals surface area contributed by atoms with Crippen LogP contribution in [0, 0.1) is 5.82 Å². The lowest BCUT2D eigenvalue weighted by Gasteiger charge is -2.36. The number of benzene rings is 1. The summed E-state index contributed by atoms with van der Waals surface area (Å²) in [4.78, 5) is 4.82. The number of nitrogens with zero attached hydrogens (tertiary/aromatic N) is 5. The second-order valence-corrected chi connectivity index (χ2v) is 9.70. The molecule has 1 aromatic heterocycles. The van der Waals surface area contributed by atoms with E-state index in [1.807, 2.05) is 16.7 Å². The number of hydrogen-bond acceptors (Lipinski definition) is 6. The van der Waals surface area contributed by atoms with Gasteiger partial charge in [0.25, 0.3) is 0 Å². The number of anilines is 1. The van der Waals surface area contributed by atoms with Gasteiger partial charge in [0.15, 0.2) is 0 Å². The Balaban J connectivity index is 1.33. The fraction of sp³-hybridized carbons (Fsp3) is 0.450. The van der Waals surface area contributed by atoms with Crippen molar-refractivity contribution in [2.75, 3.05) is 51.2 Å². The summed E-state index contributed by atoms with van der Waals surface area (Å²) in [6.45, 7) is 5.20. The molecule has 2 aromatic rings. The van der Waals surface area contributed by atoms with Gasteiger partial charge in [-0.15, -0.1) is 0 Å². The van der Waals surface area contributed by atoms with E-state index in [2.05, 4.69) is 15.0 Å². The van der Waals surface area contributed by atoms with Crippen LogP contribution >= 0.6 is 0 Å². The first-order chi connectivity index (χ1) is 14.4. The average Bonchev–Trinajstić information content (AvgIpc) is 3.17. The van der Waals surface area contributed by atoms with Crippen LogP contribution in [0.25, 0.3) is 0 Å². The van der Waals surface area contributed by atoms with Crippen LogP contribution in [0.4, 0.5) is 10.1 Å². The third kappa shape index (κ3) is 3.94. The minimum Gasteiger partial charge on any atom is -0.411 e. The van der Waals surface area contributed by atoms with Crippen LogP contribution in [0.2, 0.25) is 0 Å². The molecule has 0 radical (unpaired) electrons. The number of sulfonamides is 1. The summed E-state index contributed by atoms with van der Waals surface area (Å²) < 4.78 is 41.2. The number of rotatable bonds is 5. The first-order valence-electron chi connectivity index (χ1n) is 10.00. The molecule has 0 atom stereocenters. The predicted octanol–water partition coefficient (Wildman–Crippen LogP) is 1.65. The first kappa shape index (κ1) is 20.8. The molecular formula is C20H26FN5O3S. The van der Waals surface area contributed by atoms with Gasteiger partial charge in [-0.25, -0.2) is 12.8 Å². The quantitative estimate of drug-likeness (QED) is 0.571. The van der Waals surface area contributed by atoms with E-state index >= 15 is 0 Å². The number of fused-ring (bicyclic) bond motifs is 1. The molecule has 10 heteroatoms.